The molecule has 1 aromatic carbocycles. The summed E-state index contributed by atoms with van der Waals surface area (Å²) in [6, 6.07) is 5.16. The number of nitrogens with one attached hydrogen (secondary N) is 1. The third-order valence-electron chi connectivity index (χ3n) is 3.16. The van der Waals surface area contributed by atoms with Crippen molar-refractivity contribution in [3.63, 3.8) is 0 Å². The molecule has 1 saturated heterocycles. The molecule has 0 bridgehead atoms. The first-order valence-corrected chi connectivity index (χ1v) is 6.43. The number of carbonyl (C=O) groups excluding carboxylic acids is 2. The van der Waals surface area contributed by atoms with Crippen LogP contribution in [-0.4, -0.2) is 24.5 Å². The SMILES string of the molecule is Cc1ccc(N)c(C(=O)OC2CCCCNC2=O)c1. The average molecular weight is 262 g/mol. The number of amides is 1. The molecule has 1 fully saturated rings. The second kappa shape index (κ2) is 5.73. The minimum absolute atomic E-state index is 0.225. The molecule has 1 amide bonds. The van der Waals surface area contributed by atoms with E-state index in [2.05, 4.69) is 5.32 Å². The van der Waals surface area contributed by atoms with Crippen LogP contribution < -0.4 is 11.1 Å². The summed E-state index contributed by atoms with van der Waals surface area (Å²) in [7, 11) is 0. The Balaban J connectivity index is 2.11. The molecule has 1 aliphatic rings. The maximum absolute atomic E-state index is 12.1. The fraction of sp³-hybridized carbons (Fsp3) is 0.429. The Morgan fingerprint density at radius 3 is 3.00 bits per heavy atom. The minimum Gasteiger partial charge on any atom is -0.449 e. The molecule has 0 aliphatic carbocycles. The van der Waals surface area contributed by atoms with Gasteiger partial charge in [-0.1, -0.05) is 11.6 Å². The number of ether oxygens (including phenoxy) is 1. The van der Waals surface area contributed by atoms with E-state index in [1.807, 2.05) is 13.0 Å². The van der Waals surface area contributed by atoms with Gasteiger partial charge in [0.1, 0.15) is 0 Å². The number of rotatable bonds is 2. The zero-order chi connectivity index (χ0) is 13.8. The van der Waals surface area contributed by atoms with Gasteiger partial charge < -0.3 is 15.8 Å². The highest BCUT2D eigenvalue weighted by Crippen LogP contribution is 2.17. The van der Waals surface area contributed by atoms with Crippen molar-refractivity contribution in [1.29, 1.82) is 0 Å². The largest absolute Gasteiger partial charge is 0.449 e. The Hall–Kier alpha value is -2.04. The van der Waals surface area contributed by atoms with Crippen LogP contribution in [0.4, 0.5) is 5.69 Å². The predicted octanol–water partition coefficient (Wildman–Crippen LogP) is 1.40. The topological polar surface area (TPSA) is 81.4 Å². The molecule has 1 unspecified atom stereocenters. The van der Waals surface area contributed by atoms with Crippen molar-refractivity contribution in [3.05, 3.63) is 29.3 Å². The quantitative estimate of drug-likeness (QED) is 0.623. The van der Waals surface area contributed by atoms with Gasteiger partial charge in [0, 0.05) is 12.2 Å². The van der Waals surface area contributed by atoms with Gasteiger partial charge in [-0.25, -0.2) is 4.79 Å². The second-order valence-electron chi connectivity index (χ2n) is 4.77. The van der Waals surface area contributed by atoms with Gasteiger partial charge in [-0.15, -0.1) is 0 Å². The first-order chi connectivity index (χ1) is 9.08. The van der Waals surface area contributed by atoms with Crippen molar-refractivity contribution in [2.45, 2.75) is 32.3 Å². The lowest BCUT2D eigenvalue weighted by molar-refractivity contribution is -0.129. The van der Waals surface area contributed by atoms with Gasteiger partial charge in [-0.05, 0) is 38.3 Å². The predicted molar refractivity (Wildman–Crippen MR) is 71.7 cm³/mol. The number of nitrogen functional groups attached to an aromatic ring is 1. The first kappa shape index (κ1) is 13.4. The van der Waals surface area contributed by atoms with Gasteiger partial charge in [-0.2, -0.15) is 0 Å². The Morgan fingerprint density at radius 1 is 1.42 bits per heavy atom. The normalized spacial score (nSPS) is 19.4. The third-order valence-corrected chi connectivity index (χ3v) is 3.16. The summed E-state index contributed by atoms with van der Waals surface area (Å²) in [5, 5.41) is 2.73. The van der Waals surface area contributed by atoms with Crippen LogP contribution in [0.15, 0.2) is 18.2 Å². The van der Waals surface area contributed by atoms with Crippen LogP contribution >= 0.6 is 0 Å². The highest BCUT2D eigenvalue weighted by atomic mass is 16.5. The molecule has 1 atom stereocenters. The van der Waals surface area contributed by atoms with Crippen molar-refractivity contribution in [2.75, 3.05) is 12.3 Å². The standard InChI is InChI=1S/C14H18N2O3/c1-9-5-6-11(15)10(8-9)14(18)19-12-4-2-3-7-16-13(12)17/h5-6,8,12H,2-4,7,15H2,1H3,(H,16,17). The molecular weight excluding hydrogens is 244 g/mol. The van der Waals surface area contributed by atoms with E-state index < -0.39 is 12.1 Å². The van der Waals surface area contributed by atoms with Gasteiger partial charge in [0.15, 0.2) is 6.10 Å². The summed E-state index contributed by atoms with van der Waals surface area (Å²) >= 11 is 0. The van der Waals surface area contributed by atoms with Gasteiger partial charge in [-0.3, -0.25) is 4.79 Å². The Kier molecular flexibility index (Phi) is 4.04. The van der Waals surface area contributed by atoms with E-state index in [4.69, 9.17) is 10.5 Å². The van der Waals surface area contributed by atoms with E-state index in [1.165, 1.54) is 0 Å². The fourth-order valence-electron chi connectivity index (χ4n) is 2.06. The van der Waals surface area contributed by atoms with Crippen molar-refractivity contribution >= 4 is 17.6 Å². The second-order valence-corrected chi connectivity index (χ2v) is 4.77. The summed E-state index contributed by atoms with van der Waals surface area (Å²) in [6.07, 6.45) is 1.62. The summed E-state index contributed by atoms with van der Waals surface area (Å²) in [6.45, 7) is 2.51. The highest BCUT2D eigenvalue weighted by molar-refractivity contribution is 5.97. The molecule has 0 saturated carbocycles. The van der Waals surface area contributed by atoms with E-state index in [9.17, 15) is 9.59 Å². The molecule has 102 valence electrons. The lowest BCUT2D eigenvalue weighted by Crippen LogP contribution is -2.36. The van der Waals surface area contributed by atoms with Crippen molar-refractivity contribution in [1.82, 2.24) is 5.32 Å². The van der Waals surface area contributed by atoms with E-state index in [-0.39, 0.29) is 5.91 Å². The van der Waals surface area contributed by atoms with Crippen LogP contribution in [-0.2, 0) is 9.53 Å². The number of nitrogens with two attached hydrogens (primary N) is 1. The number of anilines is 1. The van der Waals surface area contributed by atoms with E-state index in [0.717, 1.165) is 18.4 Å². The van der Waals surface area contributed by atoms with Crippen LogP contribution in [0.1, 0.15) is 35.2 Å². The average Bonchev–Trinajstić information content (AvgIpc) is 2.58. The van der Waals surface area contributed by atoms with Gasteiger partial charge in [0.25, 0.3) is 5.91 Å². The van der Waals surface area contributed by atoms with Gasteiger partial charge in [0.2, 0.25) is 0 Å². The highest BCUT2D eigenvalue weighted by Gasteiger charge is 2.25. The molecule has 5 heteroatoms. The van der Waals surface area contributed by atoms with Gasteiger partial charge >= 0.3 is 5.97 Å². The minimum atomic E-state index is -0.713. The Labute approximate surface area is 112 Å². The number of aryl methyl sites for hydroxylation is 1. The van der Waals surface area contributed by atoms with Crippen LogP contribution in [0.3, 0.4) is 0 Å². The van der Waals surface area contributed by atoms with Gasteiger partial charge in [0.05, 0.1) is 5.56 Å². The lowest BCUT2D eigenvalue weighted by Gasteiger charge is -2.15. The molecular formula is C14H18N2O3. The molecule has 1 aromatic rings. The molecule has 5 nitrogen and oxygen atoms in total. The third kappa shape index (κ3) is 3.24. The smallest absolute Gasteiger partial charge is 0.341 e. The van der Waals surface area contributed by atoms with Crippen molar-refractivity contribution in [3.8, 4) is 0 Å². The summed E-state index contributed by atoms with van der Waals surface area (Å²) < 4.78 is 5.27. The number of carbonyl (C=O) groups is 2. The number of hydrogen-bond donors (Lipinski definition) is 2. The van der Waals surface area contributed by atoms with Crippen molar-refractivity contribution in [2.24, 2.45) is 0 Å². The maximum Gasteiger partial charge on any atom is 0.341 e. The molecule has 1 heterocycles. The van der Waals surface area contributed by atoms with Crippen LogP contribution in [0, 0.1) is 6.92 Å². The lowest BCUT2D eigenvalue weighted by atomic mass is 10.1. The summed E-state index contributed by atoms with van der Waals surface area (Å²) in [4.78, 5) is 23.8. The van der Waals surface area contributed by atoms with E-state index in [1.54, 1.807) is 12.1 Å². The Morgan fingerprint density at radius 2 is 2.21 bits per heavy atom. The monoisotopic (exact) mass is 262 g/mol. The van der Waals surface area contributed by atoms with E-state index in [0.29, 0.717) is 24.2 Å². The summed E-state index contributed by atoms with van der Waals surface area (Å²) in [5.41, 5.74) is 7.36. The van der Waals surface area contributed by atoms with Crippen LogP contribution in [0.2, 0.25) is 0 Å². The molecule has 0 aromatic heterocycles. The Bertz CT molecular complexity index is 499. The number of hydrogen-bond acceptors (Lipinski definition) is 4. The maximum atomic E-state index is 12.1. The molecule has 0 spiro atoms. The zero-order valence-electron chi connectivity index (χ0n) is 10.9. The number of esters is 1. The fourth-order valence-corrected chi connectivity index (χ4v) is 2.06. The zero-order valence-corrected chi connectivity index (χ0v) is 10.9. The van der Waals surface area contributed by atoms with Crippen molar-refractivity contribution < 1.29 is 14.3 Å². The summed E-state index contributed by atoms with van der Waals surface area (Å²) in [5.74, 6) is -0.764. The molecule has 1 aliphatic heterocycles. The van der Waals surface area contributed by atoms with E-state index >= 15 is 0 Å². The van der Waals surface area contributed by atoms with Crippen LogP contribution in [0.25, 0.3) is 0 Å². The molecule has 19 heavy (non-hydrogen) atoms. The first-order valence-electron chi connectivity index (χ1n) is 6.43. The molecule has 2 rings (SSSR count). The molecule has 3 N–H and O–H groups in total. The van der Waals surface area contributed by atoms with Crippen LogP contribution in [0.5, 0.6) is 0 Å². The number of benzene rings is 1. The molecule has 0 radical (unpaired) electrons.